The molecule has 17 heavy (non-hydrogen) atoms. The van der Waals surface area contributed by atoms with E-state index in [1.54, 1.807) is 7.05 Å². The van der Waals surface area contributed by atoms with E-state index in [1.807, 2.05) is 24.0 Å². The second kappa shape index (κ2) is 5.31. The lowest BCUT2D eigenvalue weighted by Gasteiger charge is -2.18. The largest absolute Gasteiger partial charge is 0.358 e. The second-order valence-electron chi connectivity index (χ2n) is 5.18. The van der Waals surface area contributed by atoms with E-state index in [2.05, 4.69) is 36.5 Å². The third-order valence-corrected chi connectivity index (χ3v) is 2.58. The molecule has 1 rings (SSSR count). The Labute approximate surface area is 103 Å². The SMILES string of the molecule is CNC(=O)C(C)NCc1cnn(C(C)(C)C)c1. The van der Waals surface area contributed by atoms with Crippen LogP contribution in [0.2, 0.25) is 0 Å². The van der Waals surface area contributed by atoms with Crippen LogP contribution in [-0.2, 0) is 16.9 Å². The number of hydrogen-bond donors (Lipinski definition) is 2. The van der Waals surface area contributed by atoms with Gasteiger partial charge in [0.15, 0.2) is 0 Å². The Morgan fingerprint density at radius 3 is 2.65 bits per heavy atom. The first-order valence-corrected chi connectivity index (χ1v) is 5.83. The van der Waals surface area contributed by atoms with Crippen LogP contribution in [0.1, 0.15) is 33.3 Å². The van der Waals surface area contributed by atoms with E-state index in [9.17, 15) is 4.79 Å². The molecule has 0 bridgehead atoms. The third-order valence-electron chi connectivity index (χ3n) is 2.58. The first kappa shape index (κ1) is 13.7. The molecule has 1 unspecified atom stereocenters. The lowest BCUT2D eigenvalue weighted by Crippen LogP contribution is -2.40. The summed E-state index contributed by atoms with van der Waals surface area (Å²) in [5.74, 6) is -0.00628. The molecule has 5 heteroatoms. The third kappa shape index (κ3) is 3.85. The second-order valence-corrected chi connectivity index (χ2v) is 5.18. The Hall–Kier alpha value is -1.36. The van der Waals surface area contributed by atoms with Gasteiger partial charge in [-0.1, -0.05) is 0 Å². The van der Waals surface area contributed by atoms with Gasteiger partial charge in [0.25, 0.3) is 0 Å². The highest BCUT2D eigenvalue weighted by Crippen LogP contribution is 2.12. The van der Waals surface area contributed by atoms with Gasteiger partial charge in [-0.15, -0.1) is 0 Å². The molecule has 0 saturated heterocycles. The number of nitrogens with zero attached hydrogens (tertiary/aromatic N) is 2. The molecule has 0 fully saturated rings. The van der Waals surface area contributed by atoms with Gasteiger partial charge in [-0.3, -0.25) is 9.48 Å². The number of aromatic nitrogens is 2. The normalized spacial score (nSPS) is 13.5. The number of rotatable bonds is 4. The summed E-state index contributed by atoms with van der Waals surface area (Å²) in [7, 11) is 1.64. The molecular formula is C12H22N4O. The van der Waals surface area contributed by atoms with E-state index < -0.39 is 0 Å². The van der Waals surface area contributed by atoms with Crippen LogP contribution >= 0.6 is 0 Å². The fourth-order valence-corrected chi connectivity index (χ4v) is 1.40. The van der Waals surface area contributed by atoms with Crippen LogP contribution in [0.5, 0.6) is 0 Å². The van der Waals surface area contributed by atoms with E-state index in [0.29, 0.717) is 6.54 Å². The van der Waals surface area contributed by atoms with Crippen molar-refractivity contribution in [3.8, 4) is 0 Å². The van der Waals surface area contributed by atoms with Crippen LogP contribution in [0, 0.1) is 0 Å². The van der Waals surface area contributed by atoms with Gasteiger partial charge in [-0.05, 0) is 27.7 Å². The lowest BCUT2D eigenvalue weighted by molar-refractivity contribution is -0.122. The molecule has 0 aliphatic heterocycles. The van der Waals surface area contributed by atoms with Gasteiger partial charge >= 0.3 is 0 Å². The Bertz CT molecular complexity index is 378. The molecule has 1 amide bonds. The quantitative estimate of drug-likeness (QED) is 0.818. The number of nitrogens with one attached hydrogen (secondary N) is 2. The fourth-order valence-electron chi connectivity index (χ4n) is 1.40. The fraction of sp³-hybridized carbons (Fsp3) is 0.667. The predicted octanol–water partition coefficient (Wildman–Crippen LogP) is 0.862. The Balaban J connectivity index is 2.53. The molecule has 96 valence electrons. The first-order chi connectivity index (χ1) is 7.84. The minimum Gasteiger partial charge on any atom is -0.358 e. The van der Waals surface area contributed by atoms with E-state index in [1.165, 1.54) is 0 Å². The number of likely N-dealkylation sites (N-methyl/N-ethyl adjacent to an activating group) is 1. The summed E-state index contributed by atoms with van der Waals surface area (Å²) >= 11 is 0. The summed E-state index contributed by atoms with van der Waals surface area (Å²) in [4.78, 5) is 11.3. The van der Waals surface area contributed by atoms with Crippen molar-refractivity contribution < 1.29 is 4.79 Å². The molecule has 1 atom stereocenters. The average molecular weight is 238 g/mol. The molecule has 0 aliphatic rings. The summed E-state index contributed by atoms with van der Waals surface area (Å²) in [5.41, 5.74) is 1.07. The van der Waals surface area contributed by atoms with Crippen LogP contribution in [0.15, 0.2) is 12.4 Å². The standard InChI is InChI=1S/C12H22N4O/c1-9(11(17)13-5)14-6-10-7-15-16(8-10)12(2,3)4/h7-9,14H,6H2,1-5H3,(H,13,17). The molecule has 1 aromatic heterocycles. The van der Waals surface area contributed by atoms with Crippen molar-refractivity contribution in [2.45, 2.75) is 45.8 Å². The van der Waals surface area contributed by atoms with Crippen LogP contribution in [0.25, 0.3) is 0 Å². The highest BCUT2D eigenvalue weighted by molar-refractivity contribution is 5.80. The van der Waals surface area contributed by atoms with Crippen molar-refractivity contribution in [3.05, 3.63) is 18.0 Å². The number of amides is 1. The van der Waals surface area contributed by atoms with Crippen molar-refractivity contribution in [3.63, 3.8) is 0 Å². The topological polar surface area (TPSA) is 59.0 Å². The molecule has 1 aromatic rings. The summed E-state index contributed by atoms with van der Waals surface area (Å²) in [5, 5.41) is 10.1. The van der Waals surface area contributed by atoms with E-state index in [0.717, 1.165) is 5.56 Å². The van der Waals surface area contributed by atoms with Gasteiger partial charge in [-0.2, -0.15) is 5.10 Å². The molecule has 2 N–H and O–H groups in total. The molecule has 0 radical (unpaired) electrons. The van der Waals surface area contributed by atoms with Crippen LogP contribution in [0.3, 0.4) is 0 Å². The van der Waals surface area contributed by atoms with Crippen LogP contribution < -0.4 is 10.6 Å². The van der Waals surface area contributed by atoms with Crippen molar-refractivity contribution in [1.82, 2.24) is 20.4 Å². The van der Waals surface area contributed by atoms with Crippen molar-refractivity contribution in [2.75, 3.05) is 7.05 Å². The molecule has 0 spiro atoms. The summed E-state index contributed by atoms with van der Waals surface area (Å²) in [6.45, 7) is 8.79. The molecule has 1 heterocycles. The number of carbonyl (C=O) groups excluding carboxylic acids is 1. The maximum absolute atomic E-state index is 11.3. The highest BCUT2D eigenvalue weighted by Gasteiger charge is 2.15. The average Bonchev–Trinajstić information content (AvgIpc) is 2.72. The van der Waals surface area contributed by atoms with Crippen LogP contribution in [-0.4, -0.2) is 28.8 Å². The monoisotopic (exact) mass is 238 g/mol. The zero-order valence-corrected chi connectivity index (χ0v) is 11.2. The number of carbonyl (C=O) groups is 1. The molecule has 0 aliphatic carbocycles. The summed E-state index contributed by atoms with van der Waals surface area (Å²) in [6, 6.07) is -0.196. The van der Waals surface area contributed by atoms with Gasteiger partial charge in [0.1, 0.15) is 0 Å². The maximum Gasteiger partial charge on any atom is 0.236 e. The van der Waals surface area contributed by atoms with E-state index in [-0.39, 0.29) is 17.5 Å². The molecule has 0 aromatic carbocycles. The maximum atomic E-state index is 11.3. The molecule has 0 saturated carbocycles. The van der Waals surface area contributed by atoms with E-state index >= 15 is 0 Å². The zero-order valence-electron chi connectivity index (χ0n) is 11.2. The highest BCUT2D eigenvalue weighted by atomic mass is 16.2. The zero-order chi connectivity index (χ0) is 13.1. The van der Waals surface area contributed by atoms with Gasteiger partial charge in [0, 0.05) is 25.4 Å². The van der Waals surface area contributed by atoms with Gasteiger partial charge in [0.05, 0.1) is 17.8 Å². The van der Waals surface area contributed by atoms with Gasteiger partial charge < -0.3 is 10.6 Å². The number of hydrogen-bond acceptors (Lipinski definition) is 3. The van der Waals surface area contributed by atoms with Crippen LogP contribution in [0.4, 0.5) is 0 Å². The first-order valence-electron chi connectivity index (χ1n) is 5.83. The summed E-state index contributed by atoms with van der Waals surface area (Å²) < 4.78 is 1.93. The Kier molecular flexibility index (Phi) is 4.28. The Morgan fingerprint density at radius 1 is 1.53 bits per heavy atom. The minimum atomic E-state index is -0.196. The van der Waals surface area contributed by atoms with Crippen molar-refractivity contribution in [2.24, 2.45) is 0 Å². The predicted molar refractivity (Wildman–Crippen MR) is 67.6 cm³/mol. The molecule has 5 nitrogen and oxygen atoms in total. The van der Waals surface area contributed by atoms with Crippen molar-refractivity contribution >= 4 is 5.91 Å². The van der Waals surface area contributed by atoms with Gasteiger partial charge in [0.2, 0.25) is 5.91 Å². The molecular weight excluding hydrogens is 216 g/mol. The Morgan fingerprint density at radius 2 is 2.18 bits per heavy atom. The van der Waals surface area contributed by atoms with Crippen molar-refractivity contribution in [1.29, 1.82) is 0 Å². The lowest BCUT2D eigenvalue weighted by atomic mass is 10.1. The minimum absolute atomic E-state index is 0.00628. The summed E-state index contributed by atoms with van der Waals surface area (Å²) in [6.07, 6.45) is 3.83. The van der Waals surface area contributed by atoms with Gasteiger partial charge in [-0.25, -0.2) is 0 Å². The smallest absolute Gasteiger partial charge is 0.236 e. The van der Waals surface area contributed by atoms with E-state index in [4.69, 9.17) is 0 Å².